The molecule has 0 fully saturated rings. The first-order valence-corrected chi connectivity index (χ1v) is 7.80. The minimum Gasteiger partial charge on any atom is -0.400 e. The molecule has 4 heteroatoms. The van der Waals surface area contributed by atoms with Crippen LogP contribution in [0.4, 0.5) is 0 Å². The lowest BCUT2D eigenvalue weighted by molar-refractivity contribution is 0.117. The molecule has 0 saturated heterocycles. The van der Waals surface area contributed by atoms with Crippen LogP contribution < -0.4 is 0 Å². The molecule has 0 unspecified atom stereocenters. The van der Waals surface area contributed by atoms with Crippen molar-refractivity contribution in [2.75, 3.05) is 20.8 Å². The number of benzene rings is 1. The average Bonchev–Trinajstić information content (AvgIpc) is 2.39. The van der Waals surface area contributed by atoms with E-state index in [1.54, 1.807) is 14.2 Å². The molecule has 96 valence electrons. The number of hydrogen-bond acceptors (Lipinski definition) is 3. The van der Waals surface area contributed by atoms with Gasteiger partial charge in [0.15, 0.2) is 0 Å². The van der Waals surface area contributed by atoms with Crippen LogP contribution in [0.25, 0.3) is 0 Å². The third-order valence-electron chi connectivity index (χ3n) is 2.62. The summed E-state index contributed by atoms with van der Waals surface area (Å²) in [6.45, 7) is 1.51. The largest absolute Gasteiger partial charge is 0.400 e. The molecule has 0 spiro atoms. The highest BCUT2D eigenvalue weighted by Crippen LogP contribution is 2.05. The van der Waals surface area contributed by atoms with E-state index >= 15 is 0 Å². The zero-order valence-corrected chi connectivity index (χ0v) is 11.9. The summed E-state index contributed by atoms with van der Waals surface area (Å²) in [6.07, 6.45) is 2.19. The Hall–Kier alpha value is -0.683. The van der Waals surface area contributed by atoms with Crippen LogP contribution in [0.15, 0.2) is 30.3 Å². The molecule has 17 heavy (non-hydrogen) atoms. The van der Waals surface area contributed by atoms with Gasteiger partial charge in [-0.15, -0.1) is 0 Å². The molecule has 0 aliphatic rings. The molecule has 0 aliphatic carbocycles. The SMILES string of the molecule is CO[SiH](CCCCOCc1ccccc1)OC. The highest BCUT2D eigenvalue weighted by Gasteiger charge is 2.07. The molecule has 3 nitrogen and oxygen atoms in total. The molecule has 0 atom stereocenters. The molecule has 1 rings (SSSR count). The fourth-order valence-corrected chi connectivity index (χ4v) is 2.90. The molecule has 0 saturated carbocycles. The summed E-state index contributed by atoms with van der Waals surface area (Å²) in [6, 6.07) is 11.3. The first kappa shape index (κ1) is 14.4. The molecule has 1 aromatic carbocycles. The normalized spacial score (nSPS) is 11.0. The van der Waals surface area contributed by atoms with Crippen molar-refractivity contribution in [1.29, 1.82) is 0 Å². The van der Waals surface area contributed by atoms with Gasteiger partial charge in [0, 0.05) is 20.8 Å². The van der Waals surface area contributed by atoms with Gasteiger partial charge in [0.2, 0.25) is 0 Å². The Kier molecular flexibility index (Phi) is 7.91. The van der Waals surface area contributed by atoms with Crippen molar-refractivity contribution in [2.45, 2.75) is 25.5 Å². The van der Waals surface area contributed by atoms with Crippen molar-refractivity contribution in [2.24, 2.45) is 0 Å². The lowest BCUT2D eigenvalue weighted by atomic mass is 10.2. The van der Waals surface area contributed by atoms with Gasteiger partial charge < -0.3 is 13.6 Å². The topological polar surface area (TPSA) is 27.7 Å². The van der Waals surface area contributed by atoms with Crippen molar-refractivity contribution in [3.05, 3.63) is 35.9 Å². The van der Waals surface area contributed by atoms with E-state index in [2.05, 4.69) is 12.1 Å². The van der Waals surface area contributed by atoms with E-state index in [-0.39, 0.29) is 0 Å². The van der Waals surface area contributed by atoms with Gasteiger partial charge in [0.1, 0.15) is 0 Å². The minimum atomic E-state index is -1.36. The smallest absolute Gasteiger partial charge is 0.320 e. The Morgan fingerprint density at radius 2 is 1.71 bits per heavy atom. The van der Waals surface area contributed by atoms with Gasteiger partial charge in [-0.25, -0.2) is 0 Å². The maximum atomic E-state index is 5.60. The molecule has 0 bridgehead atoms. The average molecular weight is 254 g/mol. The van der Waals surface area contributed by atoms with Gasteiger partial charge in [-0.2, -0.15) is 0 Å². The predicted molar refractivity (Wildman–Crippen MR) is 71.3 cm³/mol. The highest BCUT2D eigenvalue weighted by molar-refractivity contribution is 6.44. The summed E-state index contributed by atoms with van der Waals surface area (Å²) in [4.78, 5) is 0. The lowest BCUT2D eigenvalue weighted by Crippen LogP contribution is -2.18. The quantitative estimate of drug-likeness (QED) is 0.500. The Balaban J connectivity index is 1.98. The second-order valence-electron chi connectivity index (χ2n) is 3.93. The Labute approximate surface area is 106 Å². The summed E-state index contributed by atoms with van der Waals surface area (Å²) in [5.74, 6) is 0. The van der Waals surface area contributed by atoms with Crippen molar-refractivity contribution in [1.82, 2.24) is 0 Å². The van der Waals surface area contributed by atoms with Crippen LogP contribution in [-0.4, -0.2) is 30.1 Å². The van der Waals surface area contributed by atoms with E-state index in [0.717, 1.165) is 25.5 Å². The van der Waals surface area contributed by atoms with Crippen LogP contribution in [0.2, 0.25) is 6.04 Å². The molecule has 1 aromatic rings. The second-order valence-corrected chi connectivity index (χ2v) is 6.31. The summed E-state index contributed by atoms with van der Waals surface area (Å²) < 4.78 is 16.1. The summed E-state index contributed by atoms with van der Waals surface area (Å²) in [7, 11) is 2.10. The van der Waals surface area contributed by atoms with E-state index < -0.39 is 9.28 Å². The van der Waals surface area contributed by atoms with E-state index in [1.807, 2.05) is 18.2 Å². The molecule has 0 heterocycles. The number of rotatable bonds is 9. The molecular weight excluding hydrogens is 232 g/mol. The van der Waals surface area contributed by atoms with Crippen LogP contribution in [0, 0.1) is 0 Å². The standard InChI is InChI=1S/C13H22O3Si/c1-14-17(15-2)11-7-6-10-16-12-13-8-4-3-5-9-13/h3-5,8-9,17H,6-7,10-12H2,1-2H3. The maximum Gasteiger partial charge on any atom is 0.320 e. The fraction of sp³-hybridized carbons (Fsp3) is 0.538. The number of ether oxygens (including phenoxy) is 1. The van der Waals surface area contributed by atoms with Crippen LogP contribution in [0.3, 0.4) is 0 Å². The predicted octanol–water partition coefficient (Wildman–Crippen LogP) is 2.50. The zero-order chi connectivity index (χ0) is 12.3. The molecule has 0 radical (unpaired) electrons. The van der Waals surface area contributed by atoms with E-state index in [1.165, 1.54) is 5.56 Å². The maximum absolute atomic E-state index is 5.60. The molecular formula is C13H22O3Si. The van der Waals surface area contributed by atoms with Gasteiger partial charge in [0.05, 0.1) is 6.61 Å². The van der Waals surface area contributed by atoms with Crippen LogP contribution >= 0.6 is 0 Å². The summed E-state index contributed by atoms with van der Waals surface area (Å²) >= 11 is 0. The van der Waals surface area contributed by atoms with Gasteiger partial charge in [-0.3, -0.25) is 0 Å². The number of hydrogen-bond donors (Lipinski definition) is 0. The van der Waals surface area contributed by atoms with Gasteiger partial charge in [-0.1, -0.05) is 30.3 Å². The minimum absolute atomic E-state index is 0.705. The Morgan fingerprint density at radius 3 is 2.35 bits per heavy atom. The van der Waals surface area contributed by atoms with Gasteiger partial charge >= 0.3 is 9.28 Å². The van der Waals surface area contributed by atoms with E-state index in [4.69, 9.17) is 13.6 Å². The molecule has 0 aromatic heterocycles. The molecule has 0 N–H and O–H groups in total. The Morgan fingerprint density at radius 1 is 1.00 bits per heavy atom. The van der Waals surface area contributed by atoms with Crippen molar-refractivity contribution in [3.63, 3.8) is 0 Å². The van der Waals surface area contributed by atoms with Crippen LogP contribution in [-0.2, 0) is 20.2 Å². The third-order valence-corrected chi connectivity index (χ3v) is 4.55. The molecule has 0 amide bonds. The van der Waals surface area contributed by atoms with Crippen molar-refractivity contribution >= 4 is 9.28 Å². The number of unbranched alkanes of at least 4 members (excludes halogenated alkanes) is 1. The monoisotopic (exact) mass is 254 g/mol. The first-order valence-electron chi connectivity index (χ1n) is 6.04. The van der Waals surface area contributed by atoms with Crippen LogP contribution in [0.5, 0.6) is 0 Å². The van der Waals surface area contributed by atoms with Crippen molar-refractivity contribution < 1.29 is 13.6 Å². The molecule has 0 aliphatic heterocycles. The van der Waals surface area contributed by atoms with E-state index in [0.29, 0.717) is 6.61 Å². The fourth-order valence-electron chi connectivity index (χ4n) is 1.61. The zero-order valence-electron chi connectivity index (χ0n) is 10.7. The van der Waals surface area contributed by atoms with E-state index in [9.17, 15) is 0 Å². The second kappa shape index (κ2) is 9.36. The van der Waals surface area contributed by atoms with Crippen LogP contribution in [0.1, 0.15) is 18.4 Å². The Bertz CT molecular complexity index is 275. The third kappa shape index (κ3) is 6.58. The van der Waals surface area contributed by atoms with Gasteiger partial charge in [0.25, 0.3) is 0 Å². The summed E-state index contributed by atoms with van der Waals surface area (Å²) in [5.41, 5.74) is 1.23. The summed E-state index contributed by atoms with van der Waals surface area (Å²) in [5, 5.41) is 0. The lowest BCUT2D eigenvalue weighted by Gasteiger charge is -2.10. The van der Waals surface area contributed by atoms with Crippen molar-refractivity contribution in [3.8, 4) is 0 Å². The highest BCUT2D eigenvalue weighted by atomic mass is 28.3. The van der Waals surface area contributed by atoms with Gasteiger partial charge in [-0.05, 0) is 24.4 Å². The first-order chi connectivity index (χ1) is 8.36.